The Kier molecular flexibility index (Phi) is 3.34. The summed E-state index contributed by atoms with van der Waals surface area (Å²) in [5, 5.41) is 2.58. The molecule has 0 heterocycles. The number of hydrogen-bond acceptors (Lipinski definition) is 1. The lowest BCUT2D eigenvalue weighted by Gasteiger charge is -2.57. The minimum Gasteiger partial charge on any atom is -0.355 e. The lowest BCUT2D eigenvalue weighted by molar-refractivity contribution is -0.120. The normalized spacial score (nSPS) is 42.9. The maximum absolute atomic E-state index is 11.5. The predicted molar refractivity (Wildman–Crippen MR) is 73.5 cm³/mol. The number of carbonyl (C=O) groups excluding carboxylic acids is 1. The predicted octanol–water partition coefficient (Wildman–Crippen LogP) is 3.34. The van der Waals surface area contributed by atoms with Crippen molar-refractivity contribution in [3.8, 4) is 0 Å². The number of carbonyl (C=O) groups is 1. The highest BCUT2D eigenvalue weighted by Gasteiger charge is 2.50. The van der Waals surface area contributed by atoms with E-state index in [-0.39, 0.29) is 5.91 Å². The van der Waals surface area contributed by atoms with Crippen LogP contribution < -0.4 is 5.32 Å². The van der Waals surface area contributed by atoms with E-state index >= 15 is 0 Å². The number of hydrogen-bond donors (Lipinski definition) is 1. The lowest BCUT2D eigenvalue weighted by Crippen LogP contribution is -2.47. The largest absolute Gasteiger partial charge is 0.355 e. The van der Waals surface area contributed by atoms with Crippen LogP contribution in [0.2, 0.25) is 0 Å². The first-order valence-corrected chi connectivity index (χ1v) is 7.92. The minimum atomic E-state index is -0.402. The summed E-state index contributed by atoms with van der Waals surface area (Å²) in [6, 6.07) is 0. The Hall–Kier alpha value is -0.240. The van der Waals surface area contributed by atoms with Crippen molar-refractivity contribution in [3.05, 3.63) is 0 Å². The second kappa shape index (κ2) is 4.70. The number of nitrogens with one attached hydrogen (secondary N) is 1. The Morgan fingerprint density at radius 2 is 1.72 bits per heavy atom. The molecule has 0 aliphatic heterocycles. The Bertz CT molecular complexity index is 304. The number of amides is 1. The Balaban J connectivity index is 1.54. The Morgan fingerprint density at radius 1 is 1.22 bits per heavy atom. The van der Waals surface area contributed by atoms with Crippen molar-refractivity contribution in [1.82, 2.24) is 5.32 Å². The van der Waals surface area contributed by atoms with Gasteiger partial charge in [0.1, 0.15) is 5.38 Å². The second-order valence-electron chi connectivity index (χ2n) is 7.07. The van der Waals surface area contributed by atoms with E-state index in [1.165, 1.54) is 44.9 Å². The molecule has 4 aliphatic carbocycles. The van der Waals surface area contributed by atoms with E-state index < -0.39 is 5.38 Å². The number of alkyl halides is 1. The van der Waals surface area contributed by atoms with Gasteiger partial charge >= 0.3 is 0 Å². The minimum absolute atomic E-state index is 0.0126. The van der Waals surface area contributed by atoms with Crippen LogP contribution in [0, 0.1) is 23.2 Å². The van der Waals surface area contributed by atoms with E-state index in [1.807, 2.05) is 0 Å². The zero-order valence-electron chi connectivity index (χ0n) is 11.3. The van der Waals surface area contributed by atoms with Crippen LogP contribution in [-0.4, -0.2) is 17.8 Å². The van der Waals surface area contributed by atoms with Gasteiger partial charge in [-0.05, 0) is 75.0 Å². The summed E-state index contributed by atoms with van der Waals surface area (Å²) in [5.41, 5.74) is 0.567. The third-order valence-corrected chi connectivity index (χ3v) is 5.68. The van der Waals surface area contributed by atoms with Crippen LogP contribution in [0.1, 0.15) is 51.9 Å². The smallest absolute Gasteiger partial charge is 0.237 e. The fourth-order valence-electron chi connectivity index (χ4n) is 5.19. The van der Waals surface area contributed by atoms with Crippen molar-refractivity contribution in [2.75, 3.05) is 6.54 Å². The van der Waals surface area contributed by atoms with Crippen LogP contribution in [0.15, 0.2) is 0 Å². The highest BCUT2D eigenvalue weighted by atomic mass is 35.5. The quantitative estimate of drug-likeness (QED) is 0.780. The van der Waals surface area contributed by atoms with Gasteiger partial charge in [-0.25, -0.2) is 0 Å². The highest BCUT2D eigenvalue weighted by Crippen LogP contribution is 2.61. The molecule has 0 spiro atoms. The van der Waals surface area contributed by atoms with E-state index in [1.54, 1.807) is 6.92 Å². The third kappa shape index (κ3) is 2.41. The van der Waals surface area contributed by atoms with Gasteiger partial charge in [0.25, 0.3) is 0 Å². The van der Waals surface area contributed by atoms with E-state index in [4.69, 9.17) is 11.6 Å². The maximum Gasteiger partial charge on any atom is 0.237 e. The topological polar surface area (TPSA) is 29.1 Å². The molecule has 4 bridgehead atoms. The van der Waals surface area contributed by atoms with Crippen molar-refractivity contribution in [2.45, 2.75) is 57.2 Å². The highest BCUT2D eigenvalue weighted by molar-refractivity contribution is 6.30. The zero-order chi connectivity index (χ0) is 12.8. The summed E-state index contributed by atoms with van der Waals surface area (Å²) in [7, 11) is 0. The molecule has 1 N–H and O–H groups in total. The first-order chi connectivity index (χ1) is 8.56. The van der Waals surface area contributed by atoms with Crippen molar-refractivity contribution in [3.63, 3.8) is 0 Å². The molecule has 0 aromatic heterocycles. The van der Waals surface area contributed by atoms with Crippen molar-refractivity contribution < 1.29 is 4.79 Å². The molecule has 102 valence electrons. The first-order valence-electron chi connectivity index (χ1n) is 7.48. The number of halogens is 1. The molecule has 1 atom stereocenters. The lowest BCUT2D eigenvalue weighted by atomic mass is 9.49. The van der Waals surface area contributed by atoms with Crippen LogP contribution in [0.4, 0.5) is 0 Å². The van der Waals surface area contributed by atoms with Crippen LogP contribution in [0.5, 0.6) is 0 Å². The van der Waals surface area contributed by atoms with Gasteiger partial charge in [0.05, 0.1) is 0 Å². The van der Waals surface area contributed by atoms with Crippen LogP contribution in [-0.2, 0) is 4.79 Å². The maximum atomic E-state index is 11.5. The molecule has 18 heavy (non-hydrogen) atoms. The first kappa shape index (κ1) is 12.8. The molecule has 2 nitrogen and oxygen atoms in total. The summed E-state index contributed by atoms with van der Waals surface area (Å²) in [4.78, 5) is 11.5. The van der Waals surface area contributed by atoms with E-state index in [9.17, 15) is 4.79 Å². The van der Waals surface area contributed by atoms with Crippen LogP contribution in [0.25, 0.3) is 0 Å². The molecule has 4 aliphatic rings. The molecule has 3 heteroatoms. The molecule has 0 saturated heterocycles. The molecule has 0 radical (unpaired) electrons. The molecular weight excluding hydrogens is 246 g/mol. The average Bonchev–Trinajstić information content (AvgIpc) is 2.26. The van der Waals surface area contributed by atoms with Crippen LogP contribution >= 0.6 is 11.6 Å². The van der Waals surface area contributed by atoms with Gasteiger partial charge in [0.15, 0.2) is 0 Å². The monoisotopic (exact) mass is 269 g/mol. The molecule has 4 fully saturated rings. The fourth-order valence-corrected chi connectivity index (χ4v) is 5.26. The Labute approximate surface area is 115 Å². The van der Waals surface area contributed by atoms with Crippen LogP contribution in [0.3, 0.4) is 0 Å². The standard InChI is InChI=1S/C15H24ClNO/c1-10(16)14(18)17-3-2-15-7-11-4-12(8-15)6-13(5-11)9-15/h10-13H,2-9H2,1H3,(H,17,18). The average molecular weight is 270 g/mol. The summed E-state index contributed by atoms with van der Waals surface area (Å²) in [6.07, 6.45) is 9.91. The molecule has 1 amide bonds. The fraction of sp³-hybridized carbons (Fsp3) is 0.933. The van der Waals surface area contributed by atoms with E-state index in [2.05, 4.69) is 5.32 Å². The second-order valence-corrected chi connectivity index (χ2v) is 7.73. The van der Waals surface area contributed by atoms with Gasteiger partial charge in [0.2, 0.25) is 5.91 Å². The zero-order valence-corrected chi connectivity index (χ0v) is 12.0. The summed E-state index contributed by atoms with van der Waals surface area (Å²) < 4.78 is 0. The van der Waals surface area contributed by atoms with E-state index in [0.717, 1.165) is 24.3 Å². The molecule has 1 unspecified atom stereocenters. The Morgan fingerprint density at radius 3 is 2.17 bits per heavy atom. The van der Waals surface area contributed by atoms with Gasteiger partial charge in [-0.15, -0.1) is 11.6 Å². The molecular formula is C15H24ClNO. The van der Waals surface area contributed by atoms with E-state index in [0.29, 0.717) is 5.41 Å². The van der Waals surface area contributed by atoms with Crippen molar-refractivity contribution in [2.24, 2.45) is 23.2 Å². The summed E-state index contributed by atoms with van der Waals surface area (Å²) in [5.74, 6) is 2.98. The molecule has 4 saturated carbocycles. The summed E-state index contributed by atoms with van der Waals surface area (Å²) in [6.45, 7) is 2.56. The molecule has 0 aromatic rings. The van der Waals surface area contributed by atoms with Gasteiger partial charge in [-0.2, -0.15) is 0 Å². The molecule has 4 rings (SSSR count). The van der Waals surface area contributed by atoms with Crippen molar-refractivity contribution >= 4 is 17.5 Å². The SMILES string of the molecule is CC(Cl)C(=O)NCCC12CC3CC(CC(C3)C1)C2. The third-order valence-electron chi connectivity index (χ3n) is 5.48. The van der Waals surface area contributed by atoms with Gasteiger partial charge in [-0.1, -0.05) is 0 Å². The van der Waals surface area contributed by atoms with Gasteiger partial charge in [-0.3, -0.25) is 4.79 Å². The summed E-state index contributed by atoms with van der Waals surface area (Å²) >= 11 is 5.77. The number of rotatable bonds is 4. The van der Waals surface area contributed by atoms with Crippen molar-refractivity contribution in [1.29, 1.82) is 0 Å². The van der Waals surface area contributed by atoms with Gasteiger partial charge < -0.3 is 5.32 Å². The molecule has 0 aromatic carbocycles. The van der Waals surface area contributed by atoms with Gasteiger partial charge in [0, 0.05) is 6.54 Å².